The molecule has 4 nitrogen and oxygen atoms in total. The number of carbonyl (C=O) groups is 1. The minimum absolute atomic E-state index is 0.00294. The lowest BCUT2D eigenvalue weighted by Crippen LogP contribution is -2.67. The van der Waals surface area contributed by atoms with Gasteiger partial charge in [-0.3, -0.25) is 0 Å². The Hall–Kier alpha value is -1.55. The standard InChI is InChI=1S/C13H16N2O2/c1-10-4-2-3-5-11(10)14-12(16)15-6-13(7-15)8-17-9-13/h2-5H,6-9H2,1H3,(H,14,16). The van der Waals surface area contributed by atoms with Gasteiger partial charge in [0.15, 0.2) is 0 Å². The van der Waals surface area contributed by atoms with Crippen LogP contribution in [0.3, 0.4) is 0 Å². The Kier molecular flexibility index (Phi) is 2.33. The van der Waals surface area contributed by atoms with E-state index in [4.69, 9.17) is 4.74 Å². The first-order valence-electron chi connectivity index (χ1n) is 5.88. The molecule has 2 amide bonds. The van der Waals surface area contributed by atoms with E-state index in [0.717, 1.165) is 37.6 Å². The quantitative estimate of drug-likeness (QED) is 0.803. The smallest absolute Gasteiger partial charge is 0.321 e. The van der Waals surface area contributed by atoms with E-state index in [9.17, 15) is 4.79 Å². The molecular weight excluding hydrogens is 216 g/mol. The monoisotopic (exact) mass is 232 g/mol. The predicted molar refractivity (Wildman–Crippen MR) is 65.0 cm³/mol. The van der Waals surface area contributed by atoms with Crippen molar-refractivity contribution in [2.75, 3.05) is 31.6 Å². The maximum absolute atomic E-state index is 11.9. The highest BCUT2D eigenvalue weighted by Gasteiger charge is 2.50. The van der Waals surface area contributed by atoms with Crippen molar-refractivity contribution in [1.29, 1.82) is 0 Å². The number of amides is 2. The van der Waals surface area contributed by atoms with Crippen LogP contribution < -0.4 is 5.32 Å². The summed E-state index contributed by atoms with van der Waals surface area (Å²) in [6, 6.07) is 7.81. The number of aryl methyl sites for hydroxylation is 1. The molecule has 3 rings (SSSR count). The third kappa shape index (κ3) is 1.78. The van der Waals surface area contributed by atoms with Crippen molar-refractivity contribution in [3.05, 3.63) is 29.8 Å². The Balaban J connectivity index is 1.59. The Bertz CT molecular complexity index is 446. The summed E-state index contributed by atoms with van der Waals surface area (Å²) in [5.41, 5.74) is 2.26. The van der Waals surface area contributed by atoms with Gasteiger partial charge < -0.3 is 15.0 Å². The Morgan fingerprint density at radius 1 is 1.35 bits per heavy atom. The molecule has 4 heteroatoms. The van der Waals surface area contributed by atoms with Crippen molar-refractivity contribution in [2.45, 2.75) is 6.92 Å². The van der Waals surface area contributed by atoms with Crippen LogP contribution in [0.25, 0.3) is 0 Å². The van der Waals surface area contributed by atoms with Crippen molar-refractivity contribution >= 4 is 11.7 Å². The van der Waals surface area contributed by atoms with Gasteiger partial charge in [-0.15, -0.1) is 0 Å². The highest BCUT2D eigenvalue weighted by Crippen LogP contribution is 2.37. The zero-order valence-corrected chi connectivity index (χ0v) is 9.90. The van der Waals surface area contributed by atoms with Gasteiger partial charge in [0.2, 0.25) is 0 Å². The van der Waals surface area contributed by atoms with Gasteiger partial charge in [-0.1, -0.05) is 18.2 Å². The van der Waals surface area contributed by atoms with Crippen LogP contribution in [0.2, 0.25) is 0 Å². The van der Waals surface area contributed by atoms with Gasteiger partial charge in [0.25, 0.3) is 0 Å². The molecule has 1 aromatic carbocycles. The summed E-state index contributed by atoms with van der Waals surface area (Å²) in [6.07, 6.45) is 0. The average Bonchev–Trinajstić information content (AvgIpc) is 2.17. The van der Waals surface area contributed by atoms with Gasteiger partial charge in [0.1, 0.15) is 0 Å². The summed E-state index contributed by atoms with van der Waals surface area (Å²) in [6.45, 7) is 5.25. The summed E-state index contributed by atoms with van der Waals surface area (Å²) in [7, 11) is 0. The zero-order chi connectivity index (χ0) is 11.9. The molecule has 0 unspecified atom stereocenters. The van der Waals surface area contributed by atoms with Crippen molar-refractivity contribution in [3.8, 4) is 0 Å². The van der Waals surface area contributed by atoms with E-state index in [-0.39, 0.29) is 11.4 Å². The van der Waals surface area contributed by atoms with Crippen LogP contribution in [-0.2, 0) is 4.74 Å². The zero-order valence-electron chi connectivity index (χ0n) is 9.90. The molecule has 0 aliphatic carbocycles. The van der Waals surface area contributed by atoms with Gasteiger partial charge >= 0.3 is 6.03 Å². The first-order valence-corrected chi connectivity index (χ1v) is 5.88. The lowest BCUT2D eigenvalue weighted by molar-refractivity contribution is -0.174. The van der Waals surface area contributed by atoms with Crippen LogP contribution in [0.1, 0.15) is 5.56 Å². The van der Waals surface area contributed by atoms with E-state index in [1.807, 2.05) is 36.1 Å². The summed E-state index contributed by atoms with van der Waals surface area (Å²) in [5.74, 6) is 0. The maximum atomic E-state index is 11.9. The molecule has 2 saturated heterocycles. The molecule has 0 saturated carbocycles. The van der Waals surface area contributed by atoms with E-state index < -0.39 is 0 Å². The van der Waals surface area contributed by atoms with Gasteiger partial charge in [-0.05, 0) is 18.6 Å². The number of hydrogen-bond donors (Lipinski definition) is 1. The molecule has 1 N–H and O–H groups in total. The molecule has 90 valence electrons. The molecule has 1 aromatic rings. The number of ether oxygens (including phenoxy) is 1. The Morgan fingerprint density at radius 3 is 2.65 bits per heavy atom. The molecule has 2 fully saturated rings. The molecule has 2 aliphatic heterocycles. The van der Waals surface area contributed by atoms with Crippen molar-refractivity contribution in [3.63, 3.8) is 0 Å². The molecule has 0 bridgehead atoms. The molecular formula is C13H16N2O2. The SMILES string of the molecule is Cc1ccccc1NC(=O)N1CC2(COC2)C1. The number of rotatable bonds is 1. The lowest BCUT2D eigenvalue weighted by atomic mass is 9.78. The summed E-state index contributed by atoms with van der Waals surface area (Å²) in [5, 5.41) is 2.94. The molecule has 2 heterocycles. The summed E-state index contributed by atoms with van der Waals surface area (Å²) < 4.78 is 5.19. The molecule has 17 heavy (non-hydrogen) atoms. The number of likely N-dealkylation sites (tertiary alicyclic amines) is 1. The highest BCUT2D eigenvalue weighted by molar-refractivity contribution is 5.90. The third-order valence-electron chi connectivity index (χ3n) is 3.54. The van der Waals surface area contributed by atoms with E-state index in [1.54, 1.807) is 0 Å². The number of nitrogens with one attached hydrogen (secondary N) is 1. The van der Waals surface area contributed by atoms with Crippen molar-refractivity contribution in [2.24, 2.45) is 5.41 Å². The second kappa shape index (κ2) is 3.74. The van der Waals surface area contributed by atoms with Gasteiger partial charge in [-0.25, -0.2) is 4.79 Å². The number of benzene rings is 1. The molecule has 1 spiro atoms. The fourth-order valence-corrected chi connectivity index (χ4v) is 2.39. The second-order valence-corrected chi connectivity index (χ2v) is 5.09. The van der Waals surface area contributed by atoms with Crippen LogP contribution in [0, 0.1) is 12.3 Å². The molecule has 0 radical (unpaired) electrons. The summed E-state index contributed by atoms with van der Waals surface area (Å²) in [4.78, 5) is 13.8. The van der Waals surface area contributed by atoms with Gasteiger partial charge in [-0.2, -0.15) is 0 Å². The lowest BCUT2D eigenvalue weighted by Gasteiger charge is -2.54. The van der Waals surface area contributed by atoms with Crippen LogP contribution in [-0.4, -0.2) is 37.2 Å². The molecule has 2 aliphatic rings. The minimum atomic E-state index is -0.00294. The molecule has 0 aromatic heterocycles. The van der Waals surface area contributed by atoms with E-state index >= 15 is 0 Å². The molecule has 0 atom stereocenters. The highest BCUT2D eigenvalue weighted by atomic mass is 16.5. The fraction of sp³-hybridized carbons (Fsp3) is 0.462. The number of anilines is 1. The van der Waals surface area contributed by atoms with Crippen LogP contribution >= 0.6 is 0 Å². The number of carbonyl (C=O) groups excluding carboxylic acids is 1. The number of nitrogens with zero attached hydrogens (tertiary/aromatic N) is 1. The number of hydrogen-bond acceptors (Lipinski definition) is 2. The van der Waals surface area contributed by atoms with E-state index in [1.165, 1.54) is 0 Å². The topological polar surface area (TPSA) is 41.6 Å². The number of para-hydroxylation sites is 1. The third-order valence-corrected chi connectivity index (χ3v) is 3.54. The van der Waals surface area contributed by atoms with Crippen LogP contribution in [0.15, 0.2) is 24.3 Å². The first-order chi connectivity index (χ1) is 8.19. The van der Waals surface area contributed by atoms with E-state index in [2.05, 4.69) is 5.32 Å². The first kappa shape index (κ1) is 10.6. The average molecular weight is 232 g/mol. The fourth-order valence-electron chi connectivity index (χ4n) is 2.39. The largest absolute Gasteiger partial charge is 0.380 e. The predicted octanol–water partition coefficient (Wildman–Crippen LogP) is 1.86. The van der Waals surface area contributed by atoms with Crippen molar-refractivity contribution < 1.29 is 9.53 Å². The minimum Gasteiger partial charge on any atom is -0.380 e. The Labute approximate surface area is 101 Å². The van der Waals surface area contributed by atoms with Crippen LogP contribution in [0.5, 0.6) is 0 Å². The Morgan fingerprint density at radius 2 is 2.06 bits per heavy atom. The van der Waals surface area contributed by atoms with Crippen molar-refractivity contribution in [1.82, 2.24) is 4.90 Å². The number of urea groups is 1. The summed E-state index contributed by atoms with van der Waals surface area (Å²) >= 11 is 0. The maximum Gasteiger partial charge on any atom is 0.321 e. The van der Waals surface area contributed by atoms with E-state index in [0.29, 0.717) is 0 Å². The normalized spacial score (nSPS) is 20.6. The van der Waals surface area contributed by atoms with Gasteiger partial charge in [0, 0.05) is 18.8 Å². The van der Waals surface area contributed by atoms with Crippen LogP contribution in [0.4, 0.5) is 10.5 Å². The van der Waals surface area contributed by atoms with Gasteiger partial charge in [0.05, 0.1) is 18.6 Å². The second-order valence-electron chi connectivity index (χ2n) is 5.09.